The van der Waals surface area contributed by atoms with E-state index in [1.807, 2.05) is 6.92 Å². The third-order valence-electron chi connectivity index (χ3n) is 1.93. The Hall–Kier alpha value is -0.910. The molecule has 5 nitrogen and oxygen atoms in total. The summed E-state index contributed by atoms with van der Waals surface area (Å²) in [5.41, 5.74) is 0.216. The first-order chi connectivity index (χ1) is 7.56. The first kappa shape index (κ1) is 15.1. The summed E-state index contributed by atoms with van der Waals surface area (Å²) < 4.78 is 9.72. The van der Waals surface area contributed by atoms with Crippen LogP contribution in [0.5, 0.6) is 0 Å². The molecule has 0 aliphatic rings. The molecule has 0 radical (unpaired) electrons. The van der Waals surface area contributed by atoms with Crippen LogP contribution in [0.3, 0.4) is 0 Å². The molecule has 0 aromatic carbocycles. The molecule has 0 saturated heterocycles. The molecule has 0 bridgehead atoms. The lowest BCUT2D eigenvalue weighted by Gasteiger charge is -2.17. The van der Waals surface area contributed by atoms with Crippen LogP contribution in [-0.4, -0.2) is 32.1 Å². The van der Waals surface area contributed by atoms with Gasteiger partial charge in [0.15, 0.2) is 6.29 Å². The Morgan fingerprint density at radius 1 is 1.31 bits per heavy atom. The van der Waals surface area contributed by atoms with Crippen molar-refractivity contribution >= 4 is 5.97 Å². The van der Waals surface area contributed by atoms with Gasteiger partial charge in [-0.15, -0.1) is 0 Å². The molecule has 0 aliphatic heterocycles. The van der Waals surface area contributed by atoms with Crippen molar-refractivity contribution in [3.63, 3.8) is 0 Å². The average molecular weight is 232 g/mol. The van der Waals surface area contributed by atoms with Crippen LogP contribution >= 0.6 is 0 Å². The molecular formula is C11H20O5. The first-order valence-corrected chi connectivity index (χ1v) is 5.27. The minimum Gasteiger partial charge on any atom is -0.463 e. The van der Waals surface area contributed by atoms with E-state index in [2.05, 4.69) is 6.58 Å². The topological polar surface area (TPSA) is 54.0 Å². The highest BCUT2D eigenvalue weighted by Gasteiger charge is 2.18. The van der Waals surface area contributed by atoms with Crippen molar-refractivity contribution < 1.29 is 24.0 Å². The molecule has 16 heavy (non-hydrogen) atoms. The quantitative estimate of drug-likeness (QED) is 0.210. The zero-order valence-electron chi connectivity index (χ0n) is 10.3. The second-order valence-corrected chi connectivity index (χ2v) is 3.15. The molecule has 0 aliphatic carbocycles. The van der Waals surface area contributed by atoms with E-state index in [1.165, 1.54) is 7.11 Å². The Balaban J connectivity index is 4.00. The average Bonchev–Trinajstić information content (AvgIpc) is 2.29. The highest BCUT2D eigenvalue weighted by atomic mass is 17.2. The number of ether oxygens (including phenoxy) is 2. The number of hydrogen-bond acceptors (Lipinski definition) is 5. The molecule has 2 atom stereocenters. The smallest absolute Gasteiger partial charge is 0.336 e. The number of esters is 1. The van der Waals surface area contributed by atoms with Crippen molar-refractivity contribution in [1.29, 1.82) is 0 Å². The molecule has 0 N–H and O–H groups in total. The van der Waals surface area contributed by atoms with Crippen LogP contribution in [0.4, 0.5) is 0 Å². The highest BCUT2D eigenvalue weighted by molar-refractivity contribution is 5.88. The Labute approximate surface area is 96.2 Å². The van der Waals surface area contributed by atoms with Gasteiger partial charge in [0.2, 0.25) is 0 Å². The standard InChI is InChI=1S/C11H20O5/c1-6-10(13-5)16-15-9(4)8(3)11(12)14-7-2/h9-10H,3,6-7H2,1-2,4-5H3. The van der Waals surface area contributed by atoms with E-state index in [0.717, 1.165) is 0 Å². The van der Waals surface area contributed by atoms with Gasteiger partial charge in [0.25, 0.3) is 0 Å². The summed E-state index contributed by atoms with van der Waals surface area (Å²) in [7, 11) is 1.52. The molecule has 0 saturated carbocycles. The van der Waals surface area contributed by atoms with Crippen molar-refractivity contribution in [2.45, 2.75) is 39.6 Å². The molecule has 2 unspecified atom stereocenters. The summed E-state index contributed by atoms with van der Waals surface area (Å²) in [5.74, 6) is -0.482. The largest absolute Gasteiger partial charge is 0.463 e. The molecule has 0 fully saturated rings. The number of methoxy groups -OCH3 is 1. The molecule has 0 aromatic heterocycles. The van der Waals surface area contributed by atoms with E-state index in [-0.39, 0.29) is 5.57 Å². The third-order valence-corrected chi connectivity index (χ3v) is 1.93. The predicted molar refractivity (Wildman–Crippen MR) is 58.5 cm³/mol. The van der Waals surface area contributed by atoms with Gasteiger partial charge in [-0.1, -0.05) is 13.5 Å². The zero-order valence-corrected chi connectivity index (χ0v) is 10.3. The van der Waals surface area contributed by atoms with Crippen molar-refractivity contribution in [2.75, 3.05) is 13.7 Å². The van der Waals surface area contributed by atoms with E-state index in [9.17, 15) is 4.79 Å². The molecule has 0 spiro atoms. The van der Waals surface area contributed by atoms with Crippen LogP contribution in [0.1, 0.15) is 27.2 Å². The Kier molecular flexibility index (Phi) is 7.80. The van der Waals surface area contributed by atoms with Crippen LogP contribution < -0.4 is 0 Å². The summed E-state index contributed by atoms with van der Waals surface area (Å²) in [6.07, 6.45) is -0.365. The summed E-state index contributed by atoms with van der Waals surface area (Å²) in [4.78, 5) is 21.2. The Morgan fingerprint density at radius 2 is 1.94 bits per heavy atom. The van der Waals surface area contributed by atoms with Crippen molar-refractivity contribution in [1.82, 2.24) is 0 Å². The van der Waals surface area contributed by atoms with E-state index >= 15 is 0 Å². The van der Waals surface area contributed by atoms with Gasteiger partial charge in [0.1, 0.15) is 6.10 Å². The molecular weight excluding hydrogens is 212 g/mol. The lowest BCUT2D eigenvalue weighted by molar-refractivity contribution is -0.387. The van der Waals surface area contributed by atoms with Crippen LogP contribution in [0, 0.1) is 0 Å². The fourth-order valence-corrected chi connectivity index (χ4v) is 0.867. The summed E-state index contributed by atoms with van der Waals surface area (Å²) in [6.45, 7) is 9.16. The van der Waals surface area contributed by atoms with Crippen molar-refractivity contribution in [3.05, 3.63) is 12.2 Å². The number of carbonyl (C=O) groups excluding carboxylic acids is 1. The van der Waals surface area contributed by atoms with Crippen molar-refractivity contribution in [2.24, 2.45) is 0 Å². The lowest BCUT2D eigenvalue weighted by Crippen LogP contribution is -2.23. The van der Waals surface area contributed by atoms with E-state index in [0.29, 0.717) is 13.0 Å². The van der Waals surface area contributed by atoms with Gasteiger partial charge in [-0.25, -0.2) is 14.6 Å². The molecule has 5 heteroatoms. The van der Waals surface area contributed by atoms with Gasteiger partial charge in [-0.2, -0.15) is 0 Å². The molecule has 0 heterocycles. The first-order valence-electron chi connectivity index (χ1n) is 5.27. The third kappa shape index (κ3) is 5.25. The van der Waals surface area contributed by atoms with Gasteiger partial charge in [-0.05, 0) is 20.3 Å². The minimum absolute atomic E-state index is 0.216. The van der Waals surface area contributed by atoms with Gasteiger partial charge < -0.3 is 9.47 Å². The summed E-state index contributed by atoms with van der Waals surface area (Å²) >= 11 is 0. The normalized spacial score (nSPS) is 14.2. The van der Waals surface area contributed by atoms with Gasteiger partial charge >= 0.3 is 5.97 Å². The van der Waals surface area contributed by atoms with Crippen LogP contribution in [0.25, 0.3) is 0 Å². The maximum Gasteiger partial charge on any atom is 0.336 e. The van der Waals surface area contributed by atoms with Gasteiger partial charge in [-0.3, -0.25) is 0 Å². The second-order valence-electron chi connectivity index (χ2n) is 3.15. The summed E-state index contributed by atoms with van der Waals surface area (Å²) in [6, 6.07) is 0. The molecule has 0 rings (SSSR count). The van der Waals surface area contributed by atoms with Crippen LogP contribution in [-0.2, 0) is 24.0 Å². The predicted octanol–water partition coefficient (Wildman–Crippen LogP) is 1.82. The van der Waals surface area contributed by atoms with E-state index in [4.69, 9.17) is 19.2 Å². The Morgan fingerprint density at radius 3 is 2.38 bits per heavy atom. The fourth-order valence-electron chi connectivity index (χ4n) is 0.867. The van der Waals surface area contributed by atoms with Gasteiger partial charge in [0.05, 0.1) is 12.2 Å². The molecule has 94 valence electrons. The second kappa shape index (κ2) is 8.27. The van der Waals surface area contributed by atoms with Crippen LogP contribution in [0.15, 0.2) is 12.2 Å². The summed E-state index contributed by atoms with van der Waals surface area (Å²) in [5, 5.41) is 0. The number of carbonyl (C=O) groups is 1. The molecule has 0 aromatic rings. The van der Waals surface area contributed by atoms with E-state index < -0.39 is 18.4 Å². The van der Waals surface area contributed by atoms with E-state index in [1.54, 1.807) is 13.8 Å². The highest BCUT2D eigenvalue weighted by Crippen LogP contribution is 2.09. The lowest BCUT2D eigenvalue weighted by atomic mass is 10.2. The number of hydrogen-bond donors (Lipinski definition) is 0. The molecule has 0 amide bonds. The van der Waals surface area contributed by atoms with Crippen molar-refractivity contribution in [3.8, 4) is 0 Å². The number of rotatable bonds is 8. The zero-order chi connectivity index (χ0) is 12.6. The van der Waals surface area contributed by atoms with Gasteiger partial charge in [0, 0.05) is 7.11 Å². The monoisotopic (exact) mass is 232 g/mol. The van der Waals surface area contributed by atoms with Crippen LogP contribution in [0.2, 0.25) is 0 Å². The maximum atomic E-state index is 11.3. The minimum atomic E-state index is -0.566. The Bertz CT molecular complexity index is 222. The fraction of sp³-hybridized carbons (Fsp3) is 0.727. The SMILES string of the molecule is C=C(C(=O)OCC)C(C)OOC(CC)OC. The maximum absolute atomic E-state index is 11.3.